The van der Waals surface area contributed by atoms with E-state index >= 15 is 0 Å². The number of carbonyl (C=O) groups excluding carboxylic acids is 1. The van der Waals surface area contributed by atoms with Crippen molar-refractivity contribution in [1.29, 1.82) is 0 Å². The minimum atomic E-state index is -0.0334. The van der Waals surface area contributed by atoms with E-state index < -0.39 is 0 Å². The summed E-state index contributed by atoms with van der Waals surface area (Å²) in [6.07, 6.45) is 6.57. The second-order valence-corrected chi connectivity index (χ2v) is 7.05. The number of hydrogen-bond acceptors (Lipinski definition) is 6. The maximum atomic E-state index is 12.3. The first-order chi connectivity index (χ1) is 11.7. The molecule has 8 heteroatoms. The quantitative estimate of drug-likeness (QED) is 0.574. The van der Waals surface area contributed by atoms with E-state index in [0.717, 1.165) is 37.8 Å². The Morgan fingerprint density at radius 3 is 2.88 bits per heavy atom. The van der Waals surface area contributed by atoms with E-state index in [1.165, 1.54) is 0 Å². The van der Waals surface area contributed by atoms with Gasteiger partial charge in [-0.1, -0.05) is 0 Å². The third kappa shape index (κ3) is 3.35. The highest BCUT2D eigenvalue weighted by Gasteiger charge is 2.36. The zero-order chi connectivity index (χ0) is 16.5. The first-order valence-electron chi connectivity index (χ1n) is 8.81. The largest absolute Gasteiger partial charge is 0.354 e. The van der Waals surface area contributed by atoms with Crippen LogP contribution in [0, 0.1) is 5.92 Å². The van der Waals surface area contributed by atoms with Gasteiger partial charge in [-0.3, -0.25) is 14.2 Å². The van der Waals surface area contributed by atoms with Gasteiger partial charge in [-0.05, 0) is 32.1 Å². The summed E-state index contributed by atoms with van der Waals surface area (Å²) in [7, 11) is 0. The van der Waals surface area contributed by atoms with Crippen molar-refractivity contribution in [3.63, 3.8) is 0 Å². The molecule has 0 spiro atoms. The van der Waals surface area contributed by atoms with Gasteiger partial charge >= 0.3 is 0 Å². The third-order valence-corrected chi connectivity index (χ3v) is 5.28. The lowest BCUT2D eigenvalue weighted by molar-refractivity contribution is -0.126. The van der Waals surface area contributed by atoms with Crippen LogP contribution in [0.5, 0.6) is 0 Å². The molecule has 0 radical (unpaired) electrons. The molecule has 2 aliphatic carbocycles. The van der Waals surface area contributed by atoms with Crippen LogP contribution in [0.2, 0.25) is 0 Å². The summed E-state index contributed by atoms with van der Waals surface area (Å²) in [6.45, 7) is 0.917. The van der Waals surface area contributed by atoms with Gasteiger partial charge in [0.15, 0.2) is 0 Å². The Morgan fingerprint density at radius 1 is 1.25 bits per heavy atom. The molecule has 1 saturated heterocycles. The van der Waals surface area contributed by atoms with Crippen LogP contribution in [-0.2, 0) is 11.3 Å². The van der Waals surface area contributed by atoms with Crippen LogP contribution in [0.3, 0.4) is 0 Å². The highest BCUT2D eigenvalue weighted by atomic mass is 16.2. The van der Waals surface area contributed by atoms with E-state index in [4.69, 9.17) is 0 Å². The van der Waals surface area contributed by atoms with Gasteiger partial charge in [0.2, 0.25) is 5.91 Å². The monoisotopic (exact) mass is 332 g/mol. The van der Waals surface area contributed by atoms with Crippen molar-refractivity contribution in [2.75, 3.05) is 6.54 Å². The minimum absolute atomic E-state index is 0.0334. The molecule has 4 N–H and O–H groups in total. The first kappa shape index (κ1) is 15.7. The van der Waals surface area contributed by atoms with E-state index in [2.05, 4.69) is 26.7 Å². The van der Waals surface area contributed by atoms with Crippen molar-refractivity contribution in [3.05, 3.63) is 28.4 Å². The van der Waals surface area contributed by atoms with Crippen molar-refractivity contribution in [2.45, 2.75) is 56.7 Å². The van der Waals surface area contributed by atoms with Crippen LogP contribution >= 0.6 is 0 Å². The standard InChI is InChI=1S/C16H24N6O2/c23-15-8-13(10-1-2-10)18-9-22(15)6-5-17-16(24)11-3-4-12-14(7-11)20-21-19-12/h8-12,14,19-21H,1-7H2,(H,17,24). The minimum Gasteiger partial charge on any atom is -0.354 e. The molecule has 0 bridgehead atoms. The number of hydrazine groups is 2. The number of amides is 1. The first-order valence-corrected chi connectivity index (χ1v) is 8.81. The molecule has 3 fully saturated rings. The molecule has 3 atom stereocenters. The van der Waals surface area contributed by atoms with E-state index in [1.54, 1.807) is 17.0 Å². The second-order valence-electron chi connectivity index (χ2n) is 7.05. The summed E-state index contributed by atoms with van der Waals surface area (Å²) >= 11 is 0. The predicted octanol–water partition coefficient (Wildman–Crippen LogP) is -0.613. The molecule has 3 unspecified atom stereocenters. The summed E-state index contributed by atoms with van der Waals surface area (Å²) in [5, 5.41) is 2.96. The van der Waals surface area contributed by atoms with Gasteiger partial charge in [-0.2, -0.15) is 5.53 Å². The number of fused-ring (bicyclic) bond motifs is 1. The summed E-state index contributed by atoms with van der Waals surface area (Å²) < 4.78 is 1.56. The Bertz CT molecular complexity index is 671. The Morgan fingerprint density at radius 2 is 2.08 bits per heavy atom. The average molecular weight is 332 g/mol. The fourth-order valence-electron chi connectivity index (χ4n) is 3.62. The smallest absolute Gasteiger partial charge is 0.253 e. The van der Waals surface area contributed by atoms with E-state index in [0.29, 0.717) is 31.1 Å². The van der Waals surface area contributed by atoms with Crippen molar-refractivity contribution in [2.24, 2.45) is 5.92 Å². The molecule has 130 valence electrons. The number of nitrogens with zero attached hydrogens (tertiary/aromatic N) is 2. The Balaban J connectivity index is 1.26. The average Bonchev–Trinajstić information content (AvgIpc) is 3.33. The van der Waals surface area contributed by atoms with Gasteiger partial charge in [-0.15, -0.1) is 0 Å². The molecule has 0 aromatic carbocycles. The maximum Gasteiger partial charge on any atom is 0.253 e. The Hall–Kier alpha value is -1.77. The molecule has 3 aliphatic rings. The van der Waals surface area contributed by atoms with Crippen LogP contribution < -0.4 is 27.3 Å². The molecule has 1 aromatic rings. The number of rotatable bonds is 5. The SMILES string of the molecule is O=C(NCCn1cnc(C2CC2)cc1=O)C1CCC2NNNC2C1. The number of hydrogen-bond donors (Lipinski definition) is 4. The summed E-state index contributed by atoms with van der Waals surface area (Å²) in [4.78, 5) is 28.7. The fraction of sp³-hybridized carbons (Fsp3) is 0.688. The van der Waals surface area contributed by atoms with Gasteiger partial charge in [0.1, 0.15) is 0 Å². The third-order valence-electron chi connectivity index (χ3n) is 5.28. The predicted molar refractivity (Wildman–Crippen MR) is 87.8 cm³/mol. The lowest BCUT2D eigenvalue weighted by atomic mass is 9.82. The number of aromatic nitrogens is 2. The molecule has 1 aromatic heterocycles. The van der Waals surface area contributed by atoms with Crippen LogP contribution in [0.1, 0.15) is 43.7 Å². The van der Waals surface area contributed by atoms with Gasteiger partial charge in [0.25, 0.3) is 5.56 Å². The van der Waals surface area contributed by atoms with Crippen LogP contribution in [0.15, 0.2) is 17.2 Å². The highest BCUT2D eigenvalue weighted by Crippen LogP contribution is 2.38. The Kier molecular flexibility index (Phi) is 4.34. The van der Waals surface area contributed by atoms with Gasteiger partial charge < -0.3 is 5.32 Å². The molecular formula is C16H24N6O2. The lowest BCUT2D eigenvalue weighted by Gasteiger charge is -2.29. The van der Waals surface area contributed by atoms with Crippen molar-refractivity contribution >= 4 is 5.91 Å². The molecule has 1 aliphatic heterocycles. The fourth-order valence-corrected chi connectivity index (χ4v) is 3.62. The van der Waals surface area contributed by atoms with Crippen molar-refractivity contribution < 1.29 is 4.79 Å². The molecule has 1 amide bonds. The zero-order valence-electron chi connectivity index (χ0n) is 13.6. The summed E-state index contributed by atoms with van der Waals surface area (Å²) in [5.41, 5.74) is 10.1. The molecule has 24 heavy (non-hydrogen) atoms. The van der Waals surface area contributed by atoms with Crippen molar-refractivity contribution in [3.8, 4) is 0 Å². The van der Waals surface area contributed by atoms with Crippen LogP contribution in [0.4, 0.5) is 0 Å². The van der Waals surface area contributed by atoms with Crippen molar-refractivity contribution in [1.82, 2.24) is 31.3 Å². The van der Waals surface area contributed by atoms with Gasteiger partial charge in [0.05, 0.1) is 12.0 Å². The van der Waals surface area contributed by atoms with E-state index in [9.17, 15) is 9.59 Å². The van der Waals surface area contributed by atoms with Gasteiger partial charge in [-0.25, -0.2) is 15.8 Å². The highest BCUT2D eigenvalue weighted by molar-refractivity contribution is 5.78. The molecular weight excluding hydrogens is 308 g/mol. The maximum absolute atomic E-state index is 12.3. The zero-order valence-corrected chi connectivity index (χ0v) is 13.6. The lowest BCUT2D eigenvalue weighted by Crippen LogP contribution is -2.44. The summed E-state index contributed by atoms with van der Waals surface area (Å²) in [5.74, 6) is 0.598. The second kappa shape index (κ2) is 6.62. The number of nitrogens with one attached hydrogen (secondary N) is 4. The van der Waals surface area contributed by atoms with Crippen LogP contribution in [-0.4, -0.2) is 34.1 Å². The molecule has 2 saturated carbocycles. The molecule has 2 heterocycles. The van der Waals surface area contributed by atoms with Crippen LogP contribution in [0.25, 0.3) is 0 Å². The number of carbonyl (C=O) groups is 1. The normalized spacial score (nSPS) is 29.2. The van der Waals surface area contributed by atoms with Gasteiger partial charge in [0, 0.05) is 43.1 Å². The summed E-state index contributed by atoms with van der Waals surface area (Å²) in [6, 6.07) is 2.34. The Labute approximate surface area is 140 Å². The molecule has 4 rings (SSSR count). The molecule has 8 nitrogen and oxygen atoms in total. The topological polar surface area (TPSA) is 100 Å². The van der Waals surface area contributed by atoms with E-state index in [-0.39, 0.29) is 17.4 Å². The van der Waals surface area contributed by atoms with E-state index in [1.807, 2.05) is 0 Å².